The number of hydrogen-bond acceptors (Lipinski definition) is 13. The summed E-state index contributed by atoms with van der Waals surface area (Å²) in [5.41, 5.74) is -2.62. The van der Waals surface area contributed by atoms with E-state index < -0.39 is 83.6 Å². The number of likely N-dealkylation sites (N-methyl/N-ethyl adjacent to an activating group) is 1. The van der Waals surface area contributed by atoms with Gasteiger partial charge in [0, 0.05) is 30.9 Å². The Bertz CT molecular complexity index is 1340. The second-order valence-corrected chi connectivity index (χ2v) is 15.6. The fraction of sp³-hybridized carbons (Fsp3) is 0.769. The van der Waals surface area contributed by atoms with Gasteiger partial charge < -0.3 is 48.6 Å². The Hall–Kier alpha value is -2.65. The standard InChI is InChI=1S/C39H63NO12/c1-13-29-39(8,46)34(44)23(4)31(42)21(2)20-38(7,48-12)35(52-37-32(43)28(40(9)10)18-22(3)49-37)24(5)33(25(6)36(45)50-29)51-30(41)19-26-14-16-27(47-11)17-15-26/h14-17,21-25,28-29,32-35,37,43-44,46H,13,18-20H2,1-12H3/t21-,22-,23-,24+,25-,28+,29+,32-,33+,34-,35-,37+,38+,39-/m1/s1. The fourth-order valence-corrected chi connectivity index (χ4v) is 7.89. The molecule has 14 atom stereocenters. The van der Waals surface area contributed by atoms with E-state index in [1.54, 1.807) is 66.0 Å². The summed E-state index contributed by atoms with van der Waals surface area (Å²) in [5, 5.41) is 34.5. The molecule has 13 heteroatoms. The number of cyclic esters (lactones) is 1. The zero-order valence-electron chi connectivity index (χ0n) is 33.0. The molecule has 1 aromatic rings. The van der Waals surface area contributed by atoms with Crippen molar-refractivity contribution in [3.05, 3.63) is 29.8 Å². The first kappa shape index (κ1) is 43.8. The van der Waals surface area contributed by atoms with Gasteiger partial charge in [-0.25, -0.2) is 0 Å². The number of carbonyl (C=O) groups is 3. The summed E-state index contributed by atoms with van der Waals surface area (Å²) in [5.74, 6) is -4.79. The van der Waals surface area contributed by atoms with Crippen molar-refractivity contribution in [2.45, 2.75) is 141 Å². The molecule has 0 radical (unpaired) electrons. The van der Waals surface area contributed by atoms with Gasteiger partial charge in [0.2, 0.25) is 0 Å². The number of methoxy groups -OCH3 is 2. The first-order valence-electron chi connectivity index (χ1n) is 18.4. The highest BCUT2D eigenvalue weighted by molar-refractivity contribution is 5.83. The lowest BCUT2D eigenvalue weighted by molar-refractivity contribution is -0.301. The first-order chi connectivity index (χ1) is 24.2. The van der Waals surface area contributed by atoms with Gasteiger partial charge in [-0.1, -0.05) is 39.8 Å². The molecule has 3 N–H and O–H groups in total. The van der Waals surface area contributed by atoms with Crippen LogP contribution >= 0.6 is 0 Å². The van der Waals surface area contributed by atoms with Gasteiger partial charge >= 0.3 is 11.9 Å². The minimum Gasteiger partial charge on any atom is -0.497 e. The maximum absolute atomic E-state index is 14.0. The zero-order chi connectivity index (χ0) is 39.3. The van der Waals surface area contributed by atoms with E-state index in [2.05, 4.69) is 0 Å². The predicted octanol–water partition coefficient (Wildman–Crippen LogP) is 3.32. The Labute approximate surface area is 309 Å². The van der Waals surface area contributed by atoms with Crippen molar-refractivity contribution in [1.29, 1.82) is 0 Å². The van der Waals surface area contributed by atoms with Crippen molar-refractivity contribution < 1.29 is 58.1 Å². The van der Waals surface area contributed by atoms with Gasteiger partial charge in [0.15, 0.2) is 6.29 Å². The lowest BCUT2D eigenvalue weighted by Gasteiger charge is -2.48. The zero-order valence-corrected chi connectivity index (χ0v) is 33.0. The molecule has 2 heterocycles. The van der Waals surface area contributed by atoms with Crippen LogP contribution in [0, 0.1) is 23.7 Å². The summed E-state index contributed by atoms with van der Waals surface area (Å²) in [4.78, 5) is 43.5. The average Bonchev–Trinajstić information content (AvgIpc) is 3.10. The van der Waals surface area contributed by atoms with Crippen LogP contribution in [0.15, 0.2) is 24.3 Å². The minimum absolute atomic E-state index is 0.0779. The number of ether oxygens (including phenoxy) is 6. The van der Waals surface area contributed by atoms with E-state index in [1.807, 2.05) is 25.9 Å². The van der Waals surface area contributed by atoms with Crippen LogP contribution < -0.4 is 4.74 Å². The number of esters is 2. The molecular weight excluding hydrogens is 674 g/mol. The van der Waals surface area contributed by atoms with E-state index >= 15 is 0 Å². The molecule has 13 nitrogen and oxygen atoms in total. The highest BCUT2D eigenvalue weighted by atomic mass is 16.7. The lowest BCUT2D eigenvalue weighted by Crippen LogP contribution is -2.60. The van der Waals surface area contributed by atoms with Crippen LogP contribution in [0.1, 0.15) is 80.2 Å². The number of aliphatic hydroxyl groups is 3. The van der Waals surface area contributed by atoms with Crippen LogP contribution in [0.25, 0.3) is 0 Å². The minimum atomic E-state index is -1.99. The maximum Gasteiger partial charge on any atom is 0.312 e. The molecule has 52 heavy (non-hydrogen) atoms. The molecule has 0 amide bonds. The van der Waals surface area contributed by atoms with Gasteiger partial charge in [0.25, 0.3) is 0 Å². The van der Waals surface area contributed by atoms with Crippen LogP contribution in [0.5, 0.6) is 5.75 Å². The van der Waals surface area contributed by atoms with Crippen molar-refractivity contribution in [2.75, 3.05) is 28.3 Å². The number of carbonyl (C=O) groups excluding carboxylic acids is 3. The van der Waals surface area contributed by atoms with E-state index in [4.69, 9.17) is 28.4 Å². The van der Waals surface area contributed by atoms with Crippen molar-refractivity contribution in [3.8, 4) is 5.75 Å². The highest BCUT2D eigenvalue weighted by Crippen LogP contribution is 2.40. The van der Waals surface area contributed by atoms with E-state index in [9.17, 15) is 29.7 Å². The smallest absolute Gasteiger partial charge is 0.312 e. The second-order valence-electron chi connectivity index (χ2n) is 15.6. The van der Waals surface area contributed by atoms with E-state index in [-0.39, 0.29) is 37.2 Å². The molecule has 1 aromatic carbocycles. The van der Waals surface area contributed by atoms with E-state index in [0.717, 1.165) is 0 Å². The van der Waals surface area contributed by atoms with E-state index in [1.165, 1.54) is 21.0 Å². The molecule has 0 saturated carbocycles. The molecule has 0 aliphatic carbocycles. The van der Waals surface area contributed by atoms with Crippen LogP contribution in [0.2, 0.25) is 0 Å². The first-order valence-corrected chi connectivity index (χ1v) is 18.4. The predicted molar refractivity (Wildman–Crippen MR) is 192 cm³/mol. The van der Waals surface area contributed by atoms with Gasteiger partial charge in [-0.2, -0.15) is 0 Å². The van der Waals surface area contributed by atoms with Crippen LogP contribution in [0.3, 0.4) is 0 Å². The molecule has 2 aliphatic heterocycles. The maximum atomic E-state index is 14.0. The molecule has 0 spiro atoms. The third kappa shape index (κ3) is 9.90. The number of Topliss-reactive ketones (excluding diaryl/α,β-unsaturated/α-hetero) is 1. The molecule has 0 aromatic heterocycles. The Balaban J connectivity index is 2.18. The van der Waals surface area contributed by atoms with E-state index in [0.29, 0.717) is 17.7 Å². The normalized spacial score (nSPS) is 39.8. The SMILES string of the molecule is CC[C@@H]1OC(=O)[C@H](C)[C@@H](OC(=O)Cc2ccc(OC)cc2)[C@H](C)[C@@H](O[C@@H]2O[C@H](C)C[C@H](N(C)C)[C@H]2O)[C@@](C)(OC)C[C@@H](C)C(=O)[C@@H](C)[C@@H](O)[C@]1(C)O. The quantitative estimate of drug-likeness (QED) is 0.316. The summed E-state index contributed by atoms with van der Waals surface area (Å²) in [6, 6.07) is 6.64. The molecular formula is C39H63NO12. The van der Waals surface area contributed by atoms with Crippen LogP contribution in [-0.2, 0) is 44.5 Å². The molecule has 3 rings (SSSR count). The van der Waals surface area contributed by atoms with Gasteiger partial charge in [-0.05, 0) is 78.7 Å². The van der Waals surface area contributed by atoms with Crippen LogP contribution in [-0.4, -0.2) is 126 Å². The summed E-state index contributed by atoms with van der Waals surface area (Å²) in [6.07, 6.45) is -6.82. The lowest BCUT2D eigenvalue weighted by atomic mass is 9.74. The summed E-state index contributed by atoms with van der Waals surface area (Å²) >= 11 is 0. The van der Waals surface area contributed by atoms with Crippen molar-refractivity contribution >= 4 is 17.7 Å². The van der Waals surface area contributed by atoms with Gasteiger partial charge in [0.05, 0.1) is 43.4 Å². The Morgan fingerprint density at radius 1 is 1.00 bits per heavy atom. The third-order valence-corrected chi connectivity index (χ3v) is 11.3. The second kappa shape index (κ2) is 18.1. The molecule has 296 valence electrons. The topological polar surface area (TPSA) is 171 Å². The molecule has 2 aliphatic rings. The highest BCUT2D eigenvalue weighted by Gasteiger charge is 2.53. The number of ketones is 1. The summed E-state index contributed by atoms with van der Waals surface area (Å²) in [7, 11) is 6.75. The van der Waals surface area contributed by atoms with Crippen molar-refractivity contribution in [1.82, 2.24) is 4.90 Å². The summed E-state index contributed by atoms with van der Waals surface area (Å²) in [6.45, 7) is 13.3. The number of hydrogen-bond donors (Lipinski definition) is 3. The number of benzene rings is 1. The van der Waals surface area contributed by atoms with Gasteiger partial charge in [-0.3, -0.25) is 14.4 Å². The Morgan fingerprint density at radius 2 is 1.62 bits per heavy atom. The third-order valence-electron chi connectivity index (χ3n) is 11.3. The number of aliphatic hydroxyl groups excluding tert-OH is 2. The van der Waals surface area contributed by atoms with Gasteiger partial charge in [0.1, 0.15) is 35.4 Å². The molecule has 0 unspecified atom stereocenters. The fourth-order valence-electron chi connectivity index (χ4n) is 7.89. The number of nitrogens with zero attached hydrogens (tertiary/aromatic N) is 1. The molecule has 0 bridgehead atoms. The average molecular weight is 738 g/mol. The van der Waals surface area contributed by atoms with Crippen molar-refractivity contribution in [2.24, 2.45) is 23.7 Å². The van der Waals surface area contributed by atoms with Gasteiger partial charge in [-0.15, -0.1) is 0 Å². The summed E-state index contributed by atoms with van der Waals surface area (Å²) < 4.78 is 36.4. The molecule has 2 fully saturated rings. The Kier molecular flexibility index (Phi) is 15.2. The Morgan fingerprint density at radius 3 is 2.15 bits per heavy atom. The van der Waals surface area contributed by atoms with Crippen molar-refractivity contribution in [3.63, 3.8) is 0 Å². The van der Waals surface area contributed by atoms with Crippen LogP contribution in [0.4, 0.5) is 0 Å². The largest absolute Gasteiger partial charge is 0.497 e. The number of rotatable bonds is 9. The molecule has 2 saturated heterocycles. The monoisotopic (exact) mass is 737 g/mol.